The summed E-state index contributed by atoms with van der Waals surface area (Å²) in [5, 5.41) is 5.01. The van der Waals surface area contributed by atoms with E-state index in [0.717, 1.165) is 45.7 Å². The first-order chi connectivity index (χ1) is 20.6. The van der Waals surface area contributed by atoms with Gasteiger partial charge in [0.2, 0.25) is 0 Å². The van der Waals surface area contributed by atoms with Crippen LogP contribution >= 0.6 is 11.8 Å². The molecule has 228 valence electrons. The van der Waals surface area contributed by atoms with Gasteiger partial charge in [0.05, 0.1) is 13.2 Å². The van der Waals surface area contributed by atoms with Crippen LogP contribution in [0.4, 0.5) is 4.79 Å². The largest absolute Gasteiger partial charge is 0.455 e. The summed E-state index contributed by atoms with van der Waals surface area (Å²) >= 11 is 1.62. The van der Waals surface area contributed by atoms with Crippen LogP contribution in [0.2, 0.25) is 32.2 Å². The Kier molecular flexibility index (Phi) is 11.4. The Morgan fingerprint density at radius 3 is 2.28 bits per heavy atom. The lowest BCUT2D eigenvalue weighted by Gasteiger charge is -2.34. The van der Waals surface area contributed by atoms with Gasteiger partial charge >= 0.3 is 6.09 Å². The van der Waals surface area contributed by atoms with Gasteiger partial charge < -0.3 is 18.5 Å². The van der Waals surface area contributed by atoms with Gasteiger partial charge in [-0.05, 0) is 55.3 Å². The highest BCUT2D eigenvalue weighted by molar-refractivity contribution is 8.00. The maximum atomic E-state index is 13.1. The molecule has 2 aromatic carbocycles. The molecule has 3 aromatic rings. The van der Waals surface area contributed by atoms with E-state index in [2.05, 4.69) is 58.3 Å². The van der Waals surface area contributed by atoms with Crippen molar-refractivity contribution in [3.63, 3.8) is 0 Å². The van der Waals surface area contributed by atoms with Crippen LogP contribution in [0.15, 0.2) is 71.2 Å². The maximum Gasteiger partial charge on any atom is 0.410 e. The highest BCUT2D eigenvalue weighted by Crippen LogP contribution is 2.45. The second-order valence-electron chi connectivity index (χ2n) is 11.8. The zero-order valence-corrected chi connectivity index (χ0v) is 28.3. The van der Waals surface area contributed by atoms with Crippen LogP contribution in [-0.4, -0.2) is 69.7 Å². The third-order valence-corrected chi connectivity index (χ3v) is 16.8. The summed E-state index contributed by atoms with van der Waals surface area (Å²) in [4.78, 5) is 26.4. The molecule has 0 bridgehead atoms. The number of rotatable bonds is 15. The number of aromatic nitrogens is 2. The normalized spacial score (nSPS) is 12.8. The van der Waals surface area contributed by atoms with Crippen molar-refractivity contribution in [2.45, 2.75) is 56.5 Å². The predicted molar refractivity (Wildman–Crippen MR) is 175 cm³/mol. The molecular formula is C30H40N6O4SSi2. The lowest BCUT2D eigenvalue weighted by molar-refractivity contribution is 0.0862. The van der Waals surface area contributed by atoms with Gasteiger partial charge in [-0.2, -0.15) is 0 Å². The van der Waals surface area contributed by atoms with Gasteiger partial charge in [0.1, 0.15) is 0 Å². The van der Waals surface area contributed by atoms with Crippen LogP contribution in [0.3, 0.4) is 0 Å². The lowest BCUT2D eigenvalue weighted by Crippen LogP contribution is -2.46. The van der Waals surface area contributed by atoms with E-state index >= 15 is 0 Å². The number of nitrogens with zero attached hydrogens (tertiary/aromatic N) is 6. The van der Waals surface area contributed by atoms with E-state index < -0.39 is 16.6 Å². The van der Waals surface area contributed by atoms with Crippen LogP contribution in [0.25, 0.3) is 21.6 Å². The summed E-state index contributed by atoms with van der Waals surface area (Å²) < 4.78 is 18.3. The first-order valence-corrected chi connectivity index (χ1v) is 21.6. The average molecular weight is 637 g/mol. The topological polar surface area (TPSA) is 123 Å². The van der Waals surface area contributed by atoms with Crippen LogP contribution in [0.5, 0.6) is 0 Å². The van der Waals surface area contributed by atoms with Crippen molar-refractivity contribution in [1.29, 1.82) is 0 Å². The lowest BCUT2D eigenvalue weighted by atomic mass is 10.1. The smallest absolute Gasteiger partial charge is 0.410 e. The molecule has 13 heteroatoms. The van der Waals surface area contributed by atoms with Crippen LogP contribution in [-0.2, 0) is 20.2 Å². The number of hydrogen-bond acceptors (Lipinski definition) is 8. The van der Waals surface area contributed by atoms with Gasteiger partial charge in [0.25, 0.3) is 0 Å². The molecular weight excluding hydrogens is 597 g/mol. The summed E-state index contributed by atoms with van der Waals surface area (Å²) in [5.41, 5.74) is 13.5. The SMILES string of the molecule is CN(CCC[Si](C)(C)O[Si](C)(C)CSc1ncc(COCCN=[N+]=[N-])cn1)C(=O)OC1c2ccccc2-c2ccccc21. The van der Waals surface area contributed by atoms with Crippen molar-refractivity contribution >= 4 is 34.5 Å². The highest BCUT2D eigenvalue weighted by Gasteiger charge is 2.34. The van der Waals surface area contributed by atoms with E-state index in [0.29, 0.717) is 31.5 Å². The quantitative estimate of drug-likeness (QED) is 0.0320. The average Bonchev–Trinajstić information content (AvgIpc) is 3.29. The van der Waals surface area contributed by atoms with Gasteiger partial charge in [0.15, 0.2) is 27.9 Å². The number of hydrogen-bond donors (Lipinski definition) is 0. The second-order valence-corrected chi connectivity index (χ2v) is 21.9. The van der Waals surface area contributed by atoms with Gasteiger partial charge in [-0.3, -0.25) is 0 Å². The van der Waals surface area contributed by atoms with Crippen molar-refractivity contribution in [2.24, 2.45) is 5.11 Å². The molecule has 10 nitrogen and oxygen atoms in total. The molecule has 0 saturated carbocycles. The number of amides is 1. The molecule has 1 aliphatic rings. The monoisotopic (exact) mass is 636 g/mol. The zero-order valence-electron chi connectivity index (χ0n) is 25.5. The summed E-state index contributed by atoms with van der Waals surface area (Å²) in [6, 6.07) is 17.2. The minimum absolute atomic E-state index is 0.305. The minimum atomic E-state index is -1.99. The molecule has 1 amide bonds. The molecule has 0 radical (unpaired) electrons. The number of thioether (sulfide) groups is 1. The number of fused-ring (bicyclic) bond motifs is 3. The minimum Gasteiger partial charge on any atom is -0.455 e. The first kappa shape index (κ1) is 32.7. The summed E-state index contributed by atoms with van der Waals surface area (Å²) in [6.45, 7) is 10.6. The predicted octanol–water partition coefficient (Wildman–Crippen LogP) is 7.59. The Hall–Kier alpha value is -3.20. The molecule has 0 fully saturated rings. The third-order valence-electron chi connectivity index (χ3n) is 7.03. The fourth-order valence-electron chi connectivity index (χ4n) is 5.16. The standard InChI is InChI=1S/C30H40N6O4SSi2/c1-36(30(37)39-28-26-13-8-6-11-24(26)25-12-7-9-14-27(25)28)16-10-18-42(2,3)40-43(4,5)22-41-29-32-19-23(20-33-29)21-38-17-15-34-35-31/h6-9,11-14,19-20,28H,10,15-18,21-22H2,1-5H3. The molecule has 1 aromatic heterocycles. The van der Waals surface area contributed by atoms with Crippen LogP contribution in [0.1, 0.15) is 29.2 Å². The number of ether oxygens (including phenoxy) is 2. The van der Waals surface area contributed by atoms with E-state index in [-0.39, 0.29) is 12.2 Å². The molecule has 1 aliphatic carbocycles. The van der Waals surface area contributed by atoms with E-state index in [4.69, 9.17) is 19.1 Å². The third kappa shape index (κ3) is 9.39. The Morgan fingerprint density at radius 2 is 1.65 bits per heavy atom. The molecule has 0 saturated heterocycles. The number of carbonyl (C=O) groups excluding carboxylic acids is 1. The molecule has 0 atom stereocenters. The Bertz CT molecular complexity index is 1390. The summed E-state index contributed by atoms with van der Waals surface area (Å²) in [7, 11) is -2.14. The van der Waals surface area contributed by atoms with E-state index in [9.17, 15) is 4.79 Å². The van der Waals surface area contributed by atoms with Crippen molar-refractivity contribution < 1.29 is 18.4 Å². The second kappa shape index (κ2) is 15.0. The summed E-state index contributed by atoms with van der Waals surface area (Å²) in [5.74, 6) is 0. The molecule has 0 N–H and O–H groups in total. The van der Waals surface area contributed by atoms with E-state index in [1.54, 1.807) is 36.1 Å². The molecule has 0 spiro atoms. The molecule has 0 unspecified atom stereocenters. The van der Waals surface area contributed by atoms with Crippen molar-refractivity contribution in [3.05, 3.63) is 88.1 Å². The van der Waals surface area contributed by atoms with Crippen LogP contribution < -0.4 is 0 Å². The number of azide groups is 1. The van der Waals surface area contributed by atoms with Crippen molar-refractivity contribution in [2.75, 3.05) is 32.1 Å². The van der Waals surface area contributed by atoms with Gasteiger partial charge in [0, 0.05) is 59.5 Å². The first-order valence-electron chi connectivity index (χ1n) is 14.4. The fraction of sp³-hybridized carbons (Fsp3) is 0.433. The summed E-state index contributed by atoms with van der Waals surface area (Å²) in [6.07, 6.45) is 3.69. The Labute approximate surface area is 260 Å². The molecule has 0 aliphatic heterocycles. The number of carbonyl (C=O) groups is 1. The zero-order chi connectivity index (χ0) is 30.9. The molecule has 1 heterocycles. The maximum absolute atomic E-state index is 13.1. The molecule has 43 heavy (non-hydrogen) atoms. The van der Waals surface area contributed by atoms with Gasteiger partial charge in [-0.1, -0.05) is 65.4 Å². The van der Waals surface area contributed by atoms with Gasteiger partial charge in [-0.25, -0.2) is 14.8 Å². The van der Waals surface area contributed by atoms with E-state index in [1.165, 1.54) is 0 Å². The van der Waals surface area contributed by atoms with Gasteiger partial charge in [-0.15, -0.1) is 0 Å². The Balaban J connectivity index is 1.20. The van der Waals surface area contributed by atoms with Crippen molar-refractivity contribution in [1.82, 2.24) is 14.9 Å². The van der Waals surface area contributed by atoms with Crippen molar-refractivity contribution in [3.8, 4) is 11.1 Å². The highest BCUT2D eigenvalue weighted by atomic mass is 32.2. The van der Waals surface area contributed by atoms with Crippen LogP contribution in [0, 0.1) is 0 Å². The fourth-order valence-corrected chi connectivity index (χ4v) is 15.5. The Morgan fingerprint density at radius 1 is 1.02 bits per heavy atom. The molecule has 4 rings (SSSR count). The number of benzene rings is 2. The van der Waals surface area contributed by atoms with E-state index in [1.807, 2.05) is 36.4 Å².